The summed E-state index contributed by atoms with van der Waals surface area (Å²) in [5, 5.41) is 21.9. The molecular weight excluding hydrogens is 514 g/mol. The number of nitrogens with two attached hydrogens (primary N) is 1. The number of nitrogens with zero attached hydrogens (tertiary/aromatic N) is 5. The van der Waals surface area contributed by atoms with E-state index in [9.17, 15) is 9.59 Å². The average Bonchev–Trinajstić information content (AvgIpc) is 3.49. The lowest BCUT2D eigenvalue weighted by Gasteiger charge is -2.13. The largest absolute Gasteiger partial charge is 0.347 e. The van der Waals surface area contributed by atoms with Crippen molar-refractivity contribution in [2.45, 2.75) is 64.5 Å². The number of nitriles is 2. The second-order valence-electron chi connectivity index (χ2n) is 10.6. The molecule has 9 heteroatoms. The minimum absolute atomic E-state index is 0.408. The van der Waals surface area contributed by atoms with Crippen LogP contribution < -0.4 is 17.1 Å². The van der Waals surface area contributed by atoms with Crippen molar-refractivity contribution < 1.29 is 0 Å². The molecule has 3 aromatic carbocycles. The number of fused-ring (bicyclic) bond motifs is 10. The highest BCUT2D eigenvalue weighted by atomic mass is 16.2. The molecule has 6 aromatic rings. The molecule has 6 rings (SSSR count). The van der Waals surface area contributed by atoms with Crippen molar-refractivity contribution in [3.05, 3.63) is 69.4 Å². The molecule has 0 spiro atoms. The van der Waals surface area contributed by atoms with Crippen LogP contribution in [0.4, 0.5) is 0 Å². The zero-order valence-electron chi connectivity index (χ0n) is 22.8. The van der Waals surface area contributed by atoms with Gasteiger partial charge in [0.2, 0.25) is 0 Å². The number of benzene rings is 3. The van der Waals surface area contributed by atoms with E-state index in [1.807, 2.05) is 36.4 Å². The number of nitrogens with one attached hydrogen (secondary N) is 1. The molecule has 0 unspecified atom stereocenters. The highest BCUT2D eigenvalue weighted by Gasteiger charge is 2.25. The Bertz CT molecular complexity index is 2150. The number of nitrogen functional groups attached to an aromatic ring is 1. The van der Waals surface area contributed by atoms with E-state index in [1.165, 1.54) is 0 Å². The van der Waals surface area contributed by atoms with Crippen LogP contribution in [0.1, 0.15) is 51.4 Å². The van der Waals surface area contributed by atoms with Gasteiger partial charge in [0.15, 0.2) is 0 Å². The molecule has 0 aliphatic carbocycles. The smallest absolute Gasteiger partial charge is 0.339 e. The second kappa shape index (κ2) is 10.9. The lowest BCUT2D eigenvalue weighted by molar-refractivity contribution is 0.608. The Kier molecular flexibility index (Phi) is 6.94. The Morgan fingerprint density at radius 3 is 1.76 bits per heavy atom. The Labute approximate surface area is 235 Å². The first-order chi connectivity index (χ1) is 20.1. The minimum Gasteiger partial charge on any atom is -0.339 e. The second-order valence-corrected chi connectivity index (χ2v) is 10.6. The predicted molar refractivity (Wildman–Crippen MR) is 163 cm³/mol. The molecule has 206 valence electrons. The minimum atomic E-state index is -0.655. The molecule has 0 fully saturated rings. The van der Waals surface area contributed by atoms with Crippen molar-refractivity contribution in [2.24, 2.45) is 0 Å². The molecule has 0 amide bonds. The third kappa shape index (κ3) is 4.22. The zero-order valence-corrected chi connectivity index (χ0v) is 22.8. The van der Waals surface area contributed by atoms with Gasteiger partial charge in [0.05, 0.1) is 34.1 Å². The molecule has 9 nitrogen and oxygen atoms in total. The maximum absolute atomic E-state index is 13.8. The predicted octanol–water partition coefficient (Wildman–Crippen LogP) is 5.79. The van der Waals surface area contributed by atoms with Gasteiger partial charge in [0.1, 0.15) is 0 Å². The van der Waals surface area contributed by atoms with E-state index in [-0.39, 0.29) is 0 Å². The van der Waals surface area contributed by atoms with Crippen LogP contribution in [0.25, 0.3) is 54.5 Å². The van der Waals surface area contributed by atoms with Gasteiger partial charge in [-0.25, -0.2) is 4.79 Å². The molecule has 3 aromatic heterocycles. The lowest BCUT2D eigenvalue weighted by Crippen LogP contribution is -2.40. The summed E-state index contributed by atoms with van der Waals surface area (Å²) in [4.78, 5) is 29.6. The van der Waals surface area contributed by atoms with Gasteiger partial charge in [-0.3, -0.25) is 4.79 Å². The molecule has 3 heterocycles. The van der Waals surface area contributed by atoms with E-state index in [1.54, 1.807) is 0 Å². The van der Waals surface area contributed by atoms with Crippen molar-refractivity contribution in [3.63, 3.8) is 0 Å². The first-order valence-electron chi connectivity index (χ1n) is 14.2. The number of para-hydroxylation sites is 2. The molecule has 41 heavy (non-hydrogen) atoms. The monoisotopic (exact) mass is 545 g/mol. The SMILES string of the molecule is N#CCCCCCn1c2ccccc2c2c3[nH]c(=O)n(N)c(=O)c3c3c4ccccc4n(CCCCCC#N)c3c21. The number of H-pyrrole nitrogens is 1. The Hall–Kier alpha value is -5.02. The van der Waals surface area contributed by atoms with Crippen LogP contribution >= 0.6 is 0 Å². The number of aryl methyl sites for hydroxylation is 2. The van der Waals surface area contributed by atoms with Crippen LogP contribution in [-0.4, -0.2) is 18.8 Å². The number of aromatic nitrogens is 4. The van der Waals surface area contributed by atoms with E-state index in [0.717, 1.165) is 95.2 Å². The Balaban J connectivity index is 1.76. The van der Waals surface area contributed by atoms with Gasteiger partial charge in [0.25, 0.3) is 5.56 Å². The maximum Gasteiger partial charge on any atom is 0.347 e. The van der Waals surface area contributed by atoms with Crippen LogP contribution in [0, 0.1) is 22.7 Å². The van der Waals surface area contributed by atoms with Crippen LogP contribution in [0.15, 0.2) is 58.1 Å². The van der Waals surface area contributed by atoms with Crippen molar-refractivity contribution in [3.8, 4) is 12.1 Å². The topological polar surface area (TPSA) is 138 Å². The van der Waals surface area contributed by atoms with Gasteiger partial charge in [-0.05, 0) is 37.8 Å². The molecule has 3 N–H and O–H groups in total. The number of aromatic amines is 1. The highest BCUT2D eigenvalue weighted by Crippen LogP contribution is 2.43. The summed E-state index contributed by atoms with van der Waals surface area (Å²) >= 11 is 0. The third-order valence-electron chi connectivity index (χ3n) is 8.14. The molecule has 0 atom stereocenters. The van der Waals surface area contributed by atoms with Crippen LogP contribution in [-0.2, 0) is 13.1 Å². The van der Waals surface area contributed by atoms with Crippen molar-refractivity contribution >= 4 is 54.5 Å². The van der Waals surface area contributed by atoms with Gasteiger partial charge >= 0.3 is 5.69 Å². The van der Waals surface area contributed by atoms with Gasteiger partial charge in [-0.15, -0.1) is 0 Å². The first-order valence-corrected chi connectivity index (χ1v) is 14.2. The summed E-state index contributed by atoms with van der Waals surface area (Å²) in [5.74, 6) is 5.98. The third-order valence-corrected chi connectivity index (χ3v) is 8.14. The maximum atomic E-state index is 13.8. The van der Waals surface area contributed by atoms with E-state index in [4.69, 9.17) is 16.4 Å². The van der Waals surface area contributed by atoms with E-state index < -0.39 is 11.2 Å². The fourth-order valence-electron chi connectivity index (χ4n) is 6.34. The zero-order chi connectivity index (χ0) is 28.5. The lowest BCUT2D eigenvalue weighted by atomic mass is 10.0. The van der Waals surface area contributed by atoms with Gasteiger partial charge in [-0.2, -0.15) is 15.2 Å². The Morgan fingerprint density at radius 1 is 0.683 bits per heavy atom. The summed E-state index contributed by atoms with van der Waals surface area (Å²) in [6.45, 7) is 1.46. The van der Waals surface area contributed by atoms with Crippen LogP contribution in [0.5, 0.6) is 0 Å². The van der Waals surface area contributed by atoms with E-state index in [2.05, 4.69) is 38.4 Å². The molecule has 0 aliphatic heterocycles. The fourth-order valence-corrected chi connectivity index (χ4v) is 6.34. The average molecular weight is 546 g/mol. The normalized spacial score (nSPS) is 11.7. The number of hydrogen-bond donors (Lipinski definition) is 2. The molecule has 0 bridgehead atoms. The summed E-state index contributed by atoms with van der Waals surface area (Å²) < 4.78 is 5.28. The van der Waals surface area contributed by atoms with Crippen molar-refractivity contribution in [1.82, 2.24) is 18.8 Å². The van der Waals surface area contributed by atoms with E-state index >= 15 is 0 Å². The summed E-state index contributed by atoms with van der Waals surface area (Å²) in [5.41, 5.74) is 3.29. The van der Waals surface area contributed by atoms with Gasteiger partial charge in [0, 0.05) is 58.5 Å². The first kappa shape index (κ1) is 26.2. The van der Waals surface area contributed by atoms with E-state index in [0.29, 0.717) is 28.4 Å². The number of rotatable bonds is 10. The molecular formula is C32H31N7O2. The number of hydrogen-bond acceptors (Lipinski definition) is 5. The Morgan fingerprint density at radius 2 is 1.20 bits per heavy atom. The molecule has 0 saturated heterocycles. The molecule has 0 aliphatic rings. The summed E-state index contributed by atoms with van der Waals surface area (Å²) in [6.07, 6.45) is 6.38. The van der Waals surface area contributed by atoms with Gasteiger partial charge < -0.3 is 20.0 Å². The quantitative estimate of drug-likeness (QED) is 0.166. The summed E-state index contributed by atoms with van der Waals surface area (Å²) in [6, 6.07) is 20.6. The van der Waals surface area contributed by atoms with Crippen LogP contribution in [0.2, 0.25) is 0 Å². The van der Waals surface area contributed by atoms with Crippen LogP contribution in [0.3, 0.4) is 0 Å². The fraction of sp³-hybridized carbons (Fsp3) is 0.312. The van der Waals surface area contributed by atoms with Crippen molar-refractivity contribution in [2.75, 3.05) is 5.84 Å². The van der Waals surface area contributed by atoms with Gasteiger partial charge in [-0.1, -0.05) is 49.2 Å². The van der Waals surface area contributed by atoms with Crippen molar-refractivity contribution in [1.29, 1.82) is 10.5 Å². The highest BCUT2D eigenvalue weighted by molar-refractivity contribution is 6.34. The summed E-state index contributed by atoms with van der Waals surface area (Å²) in [7, 11) is 0. The molecule has 0 saturated carbocycles. The standard InChI is InChI=1S/C32H31N7O2/c33-17-9-1-3-11-19-37-23-15-7-5-13-21(23)25-27-28(36-32(41)39(35)31(27)40)26-22-14-6-8-16-24(22)38(30(26)29(25)37)20-12-4-2-10-18-34/h5-8,13-16H,1-4,9-12,19-20,35H2,(H,36,41). The number of unbranched alkanes of at least 4 members (excludes halogenated alkanes) is 6. The molecule has 0 radical (unpaired) electrons.